The van der Waals surface area contributed by atoms with Crippen LogP contribution in [-0.4, -0.2) is 35.4 Å². The van der Waals surface area contributed by atoms with Gasteiger partial charge in [-0.05, 0) is 68.7 Å². The zero-order chi connectivity index (χ0) is 22.8. The van der Waals surface area contributed by atoms with Crippen LogP contribution in [0.2, 0.25) is 5.02 Å². The van der Waals surface area contributed by atoms with Gasteiger partial charge in [-0.2, -0.15) is 0 Å². The van der Waals surface area contributed by atoms with Gasteiger partial charge in [0.25, 0.3) is 0 Å². The van der Waals surface area contributed by atoms with E-state index in [9.17, 15) is 9.59 Å². The number of halogens is 2. The Morgan fingerprint density at radius 1 is 1.10 bits per heavy atom. The van der Waals surface area contributed by atoms with E-state index in [1.54, 1.807) is 36.1 Å². The summed E-state index contributed by atoms with van der Waals surface area (Å²) in [7, 11) is 0. The molecule has 0 unspecified atom stereocenters. The maximum Gasteiger partial charge on any atom is 0.242 e. The molecule has 168 valence electrons. The summed E-state index contributed by atoms with van der Waals surface area (Å²) in [6, 6.07) is 14.4. The van der Waals surface area contributed by atoms with Gasteiger partial charge in [-0.3, -0.25) is 9.59 Å². The monoisotopic (exact) mass is 508 g/mol. The molecule has 0 fully saturated rings. The second-order valence-corrected chi connectivity index (χ2v) is 8.90. The molecule has 2 rings (SSSR count). The number of nitrogens with zero attached hydrogens (tertiary/aromatic N) is 1. The predicted octanol–water partition coefficient (Wildman–Crippen LogP) is 5.59. The van der Waals surface area contributed by atoms with Crippen LogP contribution in [0.15, 0.2) is 53.0 Å². The minimum atomic E-state index is -0.567. The number of amides is 2. The summed E-state index contributed by atoms with van der Waals surface area (Å²) in [4.78, 5) is 27.4. The Labute approximate surface area is 198 Å². The first-order chi connectivity index (χ1) is 14.8. The van der Waals surface area contributed by atoms with Gasteiger partial charge in [0, 0.05) is 28.5 Å². The van der Waals surface area contributed by atoms with Gasteiger partial charge in [-0.15, -0.1) is 0 Å². The number of carbonyl (C=O) groups is 2. The number of nitrogens with one attached hydrogen (secondary N) is 1. The maximum absolute atomic E-state index is 13.0. The maximum atomic E-state index is 13.0. The molecule has 5 nitrogen and oxygen atoms in total. The van der Waals surface area contributed by atoms with Crippen LogP contribution in [0.5, 0.6) is 5.75 Å². The van der Waals surface area contributed by atoms with Crippen molar-refractivity contribution in [3.8, 4) is 5.75 Å². The summed E-state index contributed by atoms with van der Waals surface area (Å²) in [5.41, 5.74) is 0.970. The minimum absolute atomic E-state index is 0.0624. The lowest BCUT2D eigenvalue weighted by atomic mass is 10.1. The molecule has 0 saturated heterocycles. The second-order valence-electron chi connectivity index (χ2n) is 7.55. The Balaban J connectivity index is 1.99. The first kappa shape index (κ1) is 25.2. The molecule has 0 aliphatic carbocycles. The highest BCUT2D eigenvalue weighted by Crippen LogP contribution is 2.17. The van der Waals surface area contributed by atoms with Crippen LogP contribution >= 0.6 is 27.5 Å². The number of hydrogen-bond donors (Lipinski definition) is 1. The molecule has 31 heavy (non-hydrogen) atoms. The summed E-state index contributed by atoms with van der Waals surface area (Å²) in [6.45, 7) is 6.53. The summed E-state index contributed by atoms with van der Waals surface area (Å²) < 4.78 is 6.65. The molecule has 0 aromatic heterocycles. The summed E-state index contributed by atoms with van der Waals surface area (Å²) in [5, 5.41) is 3.63. The average Bonchev–Trinajstić information content (AvgIpc) is 2.76. The molecule has 7 heteroatoms. The largest absolute Gasteiger partial charge is 0.494 e. The van der Waals surface area contributed by atoms with Crippen LogP contribution in [-0.2, 0) is 16.1 Å². The molecular weight excluding hydrogens is 480 g/mol. The Morgan fingerprint density at radius 2 is 1.74 bits per heavy atom. The zero-order valence-electron chi connectivity index (χ0n) is 18.2. The number of ether oxygens (including phenoxy) is 1. The van der Waals surface area contributed by atoms with E-state index in [-0.39, 0.29) is 17.9 Å². The smallest absolute Gasteiger partial charge is 0.242 e. The van der Waals surface area contributed by atoms with Gasteiger partial charge >= 0.3 is 0 Å². The fourth-order valence-electron chi connectivity index (χ4n) is 2.92. The van der Waals surface area contributed by atoms with Gasteiger partial charge in [0.1, 0.15) is 11.8 Å². The first-order valence-electron chi connectivity index (χ1n) is 10.5. The van der Waals surface area contributed by atoms with Crippen molar-refractivity contribution in [1.82, 2.24) is 10.2 Å². The van der Waals surface area contributed by atoms with Crippen LogP contribution in [0.4, 0.5) is 0 Å². The Bertz CT molecular complexity index is 843. The molecule has 0 radical (unpaired) electrons. The van der Waals surface area contributed by atoms with Crippen LogP contribution in [0.25, 0.3) is 0 Å². The van der Waals surface area contributed by atoms with Gasteiger partial charge in [0.15, 0.2) is 0 Å². The standard InChI is InChI=1S/C24H30BrClN2O3/c1-4-17(2)27-24(30)18(3)28(16-19-7-9-20(25)10-8-19)23(29)6-5-15-31-22-13-11-21(26)12-14-22/h7-14,17-18H,4-6,15-16H2,1-3H3,(H,27,30)/t17-,18+/m1/s1. The molecule has 0 spiro atoms. The predicted molar refractivity (Wildman–Crippen MR) is 128 cm³/mol. The van der Waals surface area contributed by atoms with E-state index in [1.807, 2.05) is 38.1 Å². The quantitative estimate of drug-likeness (QED) is 0.402. The van der Waals surface area contributed by atoms with Crippen LogP contribution < -0.4 is 10.1 Å². The van der Waals surface area contributed by atoms with E-state index in [0.29, 0.717) is 36.8 Å². The molecular formula is C24H30BrClN2O3. The van der Waals surface area contributed by atoms with Crippen LogP contribution in [0, 0.1) is 0 Å². The number of carbonyl (C=O) groups excluding carboxylic acids is 2. The molecule has 0 aliphatic rings. The number of benzene rings is 2. The number of rotatable bonds is 11. The fraction of sp³-hybridized carbons (Fsp3) is 0.417. The minimum Gasteiger partial charge on any atom is -0.494 e. The SMILES string of the molecule is CC[C@@H](C)NC(=O)[C@H](C)N(Cc1ccc(Br)cc1)C(=O)CCCOc1ccc(Cl)cc1. The highest BCUT2D eigenvalue weighted by molar-refractivity contribution is 9.10. The van der Waals surface area contributed by atoms with Crippen molar-refractivity contribution >= 4 is 39.3 Å². The molecule has 2 atom stereocenters. The van der Waals surface area contributed by atoms with E-state index in [0.717, 1.165) is 16.5 Å². The fourth-order valence-corrected chi connectivity index (χ4v) is 3.31. The van der Waals surface area contributed by atoms with E-state index in [2.05, 4.69) is 21.2 Å². The molecule has 2 aromatic rings. The van der Waals surface area contributed by atoms with Crippen molar-refractivity contribution in [2.75, 3.05) is 6.61 Å². The van der Waals surface area contributed by atoms with E-state index in [4.69, 9.17) is 16.3 Å². The topological polar surface area (TPSA) is 58.6 Å². The highest BCUT2D eigenvalue weighted by atomic mass is 79.9. The summed E-state index contributed by atoms with van der Waals surface area (Å²) >= 11 is 9.31. The van der Waals surface area contributed by atoms with Crippen molar-refractivity contribution in [1.29, 1.82) is 0 Å². The lowest BCUT2D eigenvalue weighted by Gasteiger charge is -2.29. The Hall–Kier alpha value is -2.05. The van der Waals surface area contributed by atoms with Crippen molar-refractivity contribution in [3.05, 3.63) is 63.6 Å². The van der Waals surface area contributed by atoms with Gasteiger partial charge in [-0.1, -0.05) is 46.6 Å². The van der Waals surface area contributed by atoms with E-state index >= 15 is 0 Å². The molecule has 0 saturated carbocycles. The van der Waals surface area contributed by atoms with Crippen LogP contribution in [0.1, 0.15) is 45.6 Å². The van der Waals surface area contributed by atoms with Gasteiger partial charge < -0.3 is 15.0 Å². The zero-order valence-corrected chi connectivity index (χ0v) is 20.6. The van der Waals surface area contributed by atoms with E-state index in [1.165, 1.54) is 0 Å². The molecule has 2 amide bonds. The lowest BCUT2D eigenvalue weighted by Crippen LogP contribution is -2.49. The molecule has 0 heterocycles. The van der Waals surface area contributed by atoms with E-state index < -0.39 is 6.04 Å². The van der Waals surface area contributed by atoms with Gasteiger partial charge in [-0.25, -0.2) is 0 Å². The average molecular weight is 510 g/mol. The Kier molecular flexibility index (Phi) is 10.3. The van der Waals surface area contributed by atoms with Crippen molar-refractivity contribution in [2.24, 2.45) is 0 Å². The molecule has 2 aromatic carbocycles. The second kappa shape index (κ2) is 12.7. The lowest BCUT2D eigenvalue weighted by molar-refractivity contribution is -0.141. The first-order valence-corrected chi connectivity index (χ1v) is 11.7. The molecule has 0 bridgehead atoms. The summed E-state index contributed by atoms with van der Waals surface area (Å²) in [6.07, 6.45) is 1.68. The summed E-state index contributed by atoms with van der Waals surface area (Å²) in [5.74, 6) is 0.497. The van der Waals surface area contributed by atoms with Crippen molar-refractivity contribution in [3.63, 3.8) is 0 Å². The van der Waals surface area contributed by atoms with Crippen LogP contribution in [0.3, 0.4) is 0 Å². The normalized spacial score (nSPS) is 12.7. The van der Waals surface area contributed by atoms with Crippen molar-refractivity contribution < 1.29 is 14.3 Å². The number of hydrogen-bond acceptors (Lipinski definition) is 3. The van der Waals surface area contributed by atoms with Gasteiger partial charge in [0.2, 0.25) is 11.8 Å². The molecule has 0 aliphatic heterocycles. The third-order valence-electron chi connectivity index (χ3n) is 5.05. The van der Waals surface area contributed by atoms with Gasteiger partial charge in [0.05, 0.1) is 6.61 Å². The van der Waals surface area contributed by atoms with Crippen molar-refractivity contribution in [2.45, 2.75) is 58.7 Å². The third kappa shape index (κ3) is 8.54. The Morgan fingerprint density at radius 3 is 2.35 bits per heavy atom. The third-order valence-corrected chi connectivity index (χ3v) is 5.83. The molecule has 1 N–H and O–H groups in total. The highest BCUT2D eigenvalue weighted by Gasteiger charge is 2.26.